The Morgan fingerprint density at radius 2 is 2.28 bits per heavy atom. The molecule has 1 aromatic carbocycles. The summed E-state index contributed by atoms with van der Waals surface area (Å²) in [5.41, 5.74) is 5.74. The molecule has 0 amide bonds. The maximum Gasteiger partial charge on any atom is 0.359 e. The predicted molar refractivity (Wildman–Crippen MR) is 68.3 cm³/mol. The molecule has 0 saturated carbocycles. The number of carbonyl (C=O) groups excluding carboxylic acids is 1. The maximum atomic E-state index is 13.7. The molecular weight excluding hydrogens is 279 g/mol. The molecule has 0 atom stereocenters. The number of esters is 1. The Bertz CT molecular complexity index is 595. The molecule has 0 bridgehead atoms. The van der Waals surface area contributed by atoms with Gasteiger partial charge in [-0.2, -0.15) is 0 Å². The molecule has 0 aliphatic heterocycles. The van der Waals surface area contributed by atoms with E-state index in [2.05, 4.69) is 9.72 Å². The zero-order valence-corrected chi connectivity index (χ0v) is 10.8. The van der Waals surface area contributed by atoms with Crippen LogP contribution < -0.4 is 5.73 Å². The highest BCUT2D eigenvalue weighted by Crippen LogP contribution is 2.36. The number of thiazole rings is 1. The van der Waals surface area contributed by atoms with Gasteiger partial charge in [-0.05, 0) is 12.1 Å². The molecule has 2 N–H and O–H groups in total. The highest BCUT2D eigenvalue weighted by Gasteiger charge is 2.20. The van der Waals surface area contributed by atoms with Crippen molar-refractivity contribution >= 4 is 33.9 Å². The van der Waals surface area contributed by atoms with E-state index in [1.807, 2.05) is 0 Å². The standard InChI is InChI=1S/C11H8ClFN2O2S/c1-17-11(16)8-9(14)18-10(15-8)7-5(12)3-2-4-6(7)13/h2-4H,14H2,1H3. The zero-order valence-electron chi connectivity index (χ0n) is 9.24. The largest absolute Gasteiger partial charge is 0.464 e. The highest BCUT2D eigenvalue weighted by molar-refractivity contribution is 7.19. The van der Waals surface area contributed by atoms with E-state index in [-0.39, 0.29) is 26.3 Å². The maximum absolute atomic E-state index is 13.7. The number of hydrogen-bond acceptors (Lipinski definition) is 5. The van der Waals surface area contributed by atoms with E-state index in [4.69, 9.17) is 17.3 Å². The summed E-state index contributed by atoms with van der Waals surface area (Å²) in [4.78, 5) is 15.3. The van der Waals surface area contributed by atoms with Crippen LogP contribution in [0.25, 0.3) is 10.6 Å². The Morgan fingerprint density at radius 1 is 1.56 bits per heavy atom. The summed E-state index contributed by atoms with van der Waals surface area (Å²) in [6.07, 6.45) is 0. The van der Waals surface area contributed by atoms with Crippen molar-refractivity contribution in [2.24, 2.45) is 0 Å². The first-order valence-electron chi connectivity index (χ1n) is 4.83. The van der Waals surface area contributed by atoms with Gasteiger partial charge in [-0.1, -0.05) is 29.0 Å². The SMILES string of the molecule is COC(=O)c1nc(-c2c(F)cccc2Cl)sc1N. The molecule has 0 aliphatic rings. The minimum absolute atomic E-state index is 0.0307. The van der Waals surface area contributed by atoms with E-state index in [0.29, 0.717) is 0 Å². The van der Waals surface area contributed by atoms with Crippen molar-refractivity contribution in [1.29, 1.82) is 0 Å². The van der Waals surface area contributed by atoms with Crippen LogP contribution >= 0.6 is 22.9 Å². The molecule has 0 unspecified atom stereocenters. The van der Waals surface area contributed by atoms with E-state index in [1.54, 1.807) is 0 Å². The summed E-state index contributed by atoms with van der Waals surface area (Å²) in [5, 5.41) is 0.618. The third-order valence-corrected chi connectivity index (χ3v) is 3.43. The molecule has 2 aromatic rings. The Labute approximate surface area is 111 Å². The van der Waals surface area contributed by atoms with Crippen molar-refractivity contribution in [3.8, 4) is 10.6 Å². The van der Waals surface area contributed by atoms with Crippen molar-refractivity contribution in [1.82, 2.24) is 4.98 Å². The summed E-state index contributed by atoms with van der Waals surface area (Å²) in [6.45, 7) is 0. The van der Waals surface area contributed by atoms with Crippen LogP contribution in [0, 0.1) is 5.82 Å². The van der Waals surface area contributed by atoms with Crippen LogP contribution in [0.1, 0.15) is 10.5 Å². The molecule has 0 aliphatic carbocycles. The fraction of sp³-hybridized carbons (Fsp3) is 0.0909. The third-order valence-electron chi connectivity index (χ3n) is 2.21. The molecule has 18 heavy (non-hydrogen) atoms. The normalized spacial score (nSPS) is 10.4. The van der Waals surface area contributed by atoms with Crippen LogP contribution in [0.5, 0.6) is 0 Å². The number of hydrogen-bond donors (Lipinski definition) is 1. The minimum Gasteiger partial charge on any atom is -0.464 e. The Kier molecular flexibility index (Phi) is 3.49. The van der Waals surface area contributed by atoms with E-state index >= 15 is 0 Å². The van der Waals surface area contributed by atoms with Gasteiger partial charge in [0.2, 0.25) is 0 Å². The van der Waals surface area contributed by atoms with Crippen molar-refractivity contribution in [3.05, 3.63) is 34.7 Å². The second kappa shape index (κ2) is 4.91. The average Bonchev–Trinajstić information content (AvgIpc) is 2.70. The third kappa shape index (κ3) is 2.16. The second-order valence-corrected chi connectivity index (χ2v) is 4.76. The number of benzene rings is 1. The Morgan fingerprint density at radius 3 is 2.89 bits per heavy atom. The number of nitrogens with two attached hydrogens (primary N) is 1. The molecule has 7 heteroatoms. The quantitative estimate of drug-likeness (QED) is 0.862. The van der Waals surface area contributed by atoms with Crippen molar-refractivity contribution in [2.75, 3.05) is 12.8 Å². The van der Waals surface area contributed by atoms with E-state index in [0.717, 1.165) is 11.3 Å². The lowest BCUT2D eigenvalue weighted by atomic mass is 10.2. The van der Waals surface area contributed by atoms with Gasteiger partial charge in [0.05, 0.1) is 17.7 Å². The van der Waals surface area contributed by atoms with Gasteiger partial charge in [0.25, 0.3) is 0 Å². The van der Waals surface area contributed by atoms with Gasteiger partial charge in [0.15, 0.2) is 5.69 Å². The van der Waals surface area contributed by atoms with Gasteiger partial charge in [-0.25, -0.2) is 14.2 Å². The number of carbonyl (C=O) groups is 1. The van der Waals surface area contributed by atoms with Crippen LogP contribution in [0.2, 0.25) is 5.02 Å². The number of aromatic nitrogens is 1. The fourth-order valence-corrected chi connectivity index (χ4v) is 2.57. The van der Waals surface area contributed by atoms with Gasteiger partial charge in [0.1, 0.15) is 15.8 Å². The molecule has 1 aromatic heterocycles. The number of ether oxygens (including phenoxy) is 1. The lowest BCUT2D eigenvalue weighted by Crippen LogP contribution is -2.04. The first-order chi connectivity index (χ1) is 8.54. The number of anilines is 1. The second-order valence-electron chi connectivity index (χ2n) is 3.32. The number of nitrogen functional groups attached to an aromatic ring is 1. The summed E-state index contributed by atoms with van der Waals surface area (Å²) in [7, 11) is 1.22. The van der Waals surface area contributed by atoms with Gasteiger partial charge in [-0.15, -0.1) is 0 Å². The first kappa shape index (κ1) is 12.8. The first-order valence-corrected chi connectivity index (χ1v) is 6.03. The fourth-order valence-electron chi connectivity index (χ4n) is 1.38. The van der Waals surface area contributed by atoms with Crippen LogP contribution in [-0.2, 0) is 4.74 Å². The van der Waals surface area contributed by atoms with Gasteiger partial charge >= 0.3 is 5.97 Å². The van der Waals surface area contributed by atoms with Crippen LogP contribution in [0.3, 0.4) is 0 Å². The zero-order chi connectivity index (χ0) is 13.3. The molecular formula is C11H8ClFN2O2S. The van der Waals surface area contributed by atoms with E-state index in [1.165, 1.54) is 25.3 Å². The van der Waals surface area contributed by atoms with Crippen molar-refractivity contribution < 1.29 is 13.9 Å². The number of methoxy groups -OCH3 is 1. The van der Waals surface area contributed by atoms with Crippen LogP contribution in [0.4, 0.5) is 9.39 Å². The molecule has 1 heterocycles. The number of nitrogens with zero attached hydrogens (tertiary/aromatic N) is 1. The van der Waals surface area contributed by atoms with Crippen LogP contribution in [0.15, 0.2) is 18.2 Å². The minimum atomic E-state index is -0.664. The number of halogens is 2. The summed E-state index contributed by atoms with van der Waals surface area (Å²) >= 11 is 6.89. The predicted octanol–water partition coefficient (Wildman–Crippen LogP) is 2.97. The molecule has 2 rings (SSSR count). The molecule has 0 radical (unpaired) electrons. The van der Waals surface area contributed by atoms with Gasteiger partial charge in [-0.3, -0.25) is 0 Å². The lowest BCUT2D eigenvalue weighted by molar-refractivity contribution is 0.0596. The number of rotatable bonds is 2. The molecule has 0 saturated heterocycles. The monoisotopic (exact) mass is 286 g/mol. The summed E-state index contributed by atoms with van der Waals surface area (Å²) in [5.74, 6) is -1.19. The van der Waals surface area contributed by atoms with E-state index < -0.39 is 11.8 Å². The molecule has 4 nitrogen and oxygen atoms in total. The molecule has 0 fully saturated rings. The lowest BCUT2D eigenvalue weighted by Gasteiger charge is -2.00. The average molecular weight is 287 g/mol. The molecule has 0 spiro atoms. The summed E-state index contributed by atoms with van der Waals surface area (Å²) in [6, 6.07) is 4.28. The van der Waals surface area contributed by atoms with Gasteiger partial charge in [0, 0.05) is 0 Å². The highest BCUT2D eigenvalue weighted by atomic mass is 35.5. The van der Waals surface area contributed by atoms with Crippen molar-refractivity contribution in [3.63, 3.8) is 0 Å². The van der Waals surface area contributed by atoms with Gasteiger partial charge < -0.3 is 10.5 Å². The van der Waals surface area contributed by atoms with Crippen LogP contribution in [-0.4, -0.2) is 18.1 Å². The Hall–Kier alpha value is -1.66. The topological polar surface area (TPSA) is 65.2 Å². The summed E-state index contributed by atoms with van der Waals surface area (Å²) < 4.78 is 18.2. The van der Waals surface area contributed by atoms with E-state index in [9.17, 15) is 9.18 Å². The van der Waals surface area contributed by atoms with Crippen molar-refractivity contribution in [2.45, 2.75) is 0 Å². The Balaban J connectivity index is 2.56. The smallest absolute Gasteiger partial charge is 0.359 e. The molecule has 94 valence electrons.